The van der Waals surface area contributed by atoms with E-state index in [0.717, 1.165) is 0 Å². The van der Waals surface area contributed by atoms with E-state index in [0.29, 0.717) is 0 Å². The van der Waals surface area contributed by atoms with Crippen molar-refractivity contribution in [2.24, 2.45) is 0 Å². The topological polar surface area (TPSA) is 0 Å². The first kappa shape index (κ1) is 4.16. The van der Waals surface area contributed by atoms with Gasteiger partial charge in [0.15, 0.2) is 0 Å². The van der Waals surface area contributed by atoms with E-state index in [1.165, 1.54) is 0 Å². The molecule has 0 radical (unpaired) electrons. The predicted octanol–water partition coefficient (Wildman–Crippen LogP) is 0.136. The Morgan fingerprint density at radius 3 is 2.00 bits per heavy atom. The van der Waals surface area contributed by atoms with E-state index in [1.54, 1.807) is 0 Å². The fourth-order valence-corrected chi connectivity index (χ4v) is 0. The second kappa shape index (κ2) is 3.16. The Kier molecular flexibility index (Phi) is 3.28. The summed E-state index contributed by atoms with van der Waals surface area (Å²) in [6.07, 6.45) is 0. The summed E-state index contributed by atoms with van der Waals surface area (Å²) in [6, 6.07) is 0. The van der Waals surface area contributed by atoms with Gasteiger partial charge in [0.25, 0.3) is 0 Å². The average molecular weight is 46.0 g/mol. The van der Waals surface area contributed by atoms with Crippen LogP contribution in [0.2, 0.25) is 0 Å². The van der Waals surface area contributed by atoms with E-state index < -0.39 is 0 Å². The summed E-state index contributed by atoms with van der Waals surface area (Å²) in [5.41, 5.74) is 0. The molecular weight excluding hydrogens is 43.0 g/mol. The zero-order valence-corrected chi connectivity index (χ0v) is 3.00. The third kappa shape index (κ3) is 2.16. The zero-order chi connectivity index (χ0) is 3.41. The molecule has 16 valence electrons. The quantitative estimate of drug-likeness (QED) is 0.269. The van der Waals surface area contributed by atoms with Crippen LogP contribution in [0.3, 0.4) is 0 Å². The van der Waals surface area contributed by atoms with Crippen LogP contribution in [-0.4, -0.2) is 17.7 Å². The van der Waals surface area contributed by atoms with Crippen molar-refractivity contribution in [3.63, 3.8) is 0 Å². The van der Waals surface area contributed by atoms with Crippen LogP contribution in [-0.2, 0) is 0 Å². The molecule has 0 spiro atoms. The minimum atomic E-state index is 1.82. The average Bonchev–Trinajstić information content (AvgIpc) is 1.37. The Bertz CT molecular complexity index is 40.0. The SMILES string of the molecule is [Li][C]#CC. The van der Waals surface area contributed by atoms with E-state index in [-0.39, 0.29) is 0 Å². The zero-order valence-electron chi connectivity index (χ0n) is 3.00. The Morgan fingerprint density at radius 1 is 1.75 bits per heavy atom. The predicted molar refractivity (Wildman–Crippen MR) is 19.2 cm³/mol. The monoisotopic (exact) mass is 46.0 g/mol. The molecule has 0 rings (SSSR count). The summed E-state index contributed by atoms with van der Waals surface area (Å²) >= 11 is 1.82. The van der Waals surface area contributed by atoms with Crippen LogP contribution in [0.1, 0.15) is 6.92 Å². The second-order valence-electron chi connectivity index (χ2n) is 0.500. The molecule has 0 amide bonds. The molecule has 0 aromatic rings. The molecule has 0 aliphatic carbocycles. The number of hydrogen-bond donors (Lipinski definition) is 0. The van der Waals surface area contributed by atoms with E-state index in [9.17, 15) is 0 Å². The van der Waals surface area contributed by atoms with Crippen molar-refractivity contribution in [3.05, 3.63) is 0 Å². The van der Waals surface area contributed by atoms with Gasteiger partial charge in [0.2, 0.25) is 0 Å². The molecule has 0 aromatic carbocycles. The van der Waals surface area contributed by atoms with Crippen molar-refractivity contribution in [3.8, 4) is 10.5 Å². The maximum atomic E-state index is 2.68. The maximum absolute atomic E-state index is 2.68. The molecule has 0 aromatic heterocycles. The molecular formula is C3H3Li. The fourth-order valence-electron chi connectivity index (χ4n) is 0. The molecule has 0 nitrogen and oxygen atoms in total. The molecule has 0 bridgehead atoms. The summed E-state index contributed by atoms with van der Waals surface area (Å²) in [5, 5.41) is 0. The van der Waals surface area contributed by atoms with Gasteiger partial charge in [-0.1, -0.05) is 0 Å². The van der Waals surface area contributed by atoms with Crippen LogP contribution in [0.4, 0.5) is 0 Å². The summed E-state index contributed by atoms with van der Waals surface area (Å²) in [4.78, 5) is 0. The van der Waals surface area contributed by atoms with Gasteiger partial charge in [0.05, 0.1) is 0 Å². The fraction of sp³-hybridized carbons (Fsp3) is 0.333. The van der Waals surface area contributed by atoms with E-state index in [1.807, 2.05) is 24.6 Å². The van der Waals surface area contributed by atoms with Gasteiger partial charge in [0, 0.05) is 0 Å². The molecule has 4 heavy (non-hydrogen) atoms. The molecule has 0 fully saturated rings. The normalized spacial score (nSPS) is 3.75. The molecule has 0 aliphatic heterocycles. The van der Waals surface area contributed by atoms with Crippen LogP contribution in [0.5, 0.6) is 0 Å². The molecule has 0 atom stereocenters. The van der Waals surface area contributed by atoms with E-state index in [4.69, 9.17) is 0 Å². The first-order chi connectivity index (χ1) is 1.91. The van der Waals surface area contributed by atoms with Crippen molar-refractivity contribution >= 4 is 17.7 Å². The Morgan fingerprint density at radius 2 is 2.00 bits per heavy atom. The van der Waals surface area contributed by atoms with Crippen LogP contribution in [0, 0.1) is 10.5 Å². The molecule has 0 saturated carbocycles. The van der Waals surface area contributed by atoms with Gasteiger partial charge in [0.1, 0.15) is 0 Å². The van der Waals surface area contributed by atoms with Crippen LogP contribution in [0.15, 0.2) is 0 Å². The molecule has 0 aliphatic rings. The van der Waals surface area contributed by atoms with Crippen LogP contribution < -0.4 is 0 Å². The summed E-state index contributed by atoms with van der Waals surface area (Å²) < 4.78 is 2.68. The van der Waals surface area contributed by atoms with Gasteiger partial charge in [-0.3, -0.25) is 0 Å². The van der Waals surface area contributed by atoms with Gasteiger partial charge in [-0.05, 0) is 0 Å². The molecule has 0 heterocycles. The Balaban J connectivity index is 2.83. The van der Waals surface area contributed by atoms with Crippen LogP contribution >= 0.6 is 0 Å². The summed E-state index contributed by atoms with van der Waals surface area (Å²) in [7, 11) is 0. The third-order valence-electron chi connectivity index (χ3n) is 0.250. The second-order valence-corrected chi connectivity index (χ2v) is 0.500. The van der Waals surface area contributed by atoms with E-state index >= 15 is 0 Å². The van der Waals surface area contributed by atoms with Gasteiger partial charge in [-0.2, -0.15) is 0 Å². The molecule has 1 heteroatoms. The van der Waals surface area contributed by atoms with Crippen molar-refractivity contribution in [1.29, 1.82) is 0 Å². The summed E-state index contributed by atoms with van der Waals surface area (Å²) in [5.74, 6) is 2.68. The Labute approximate surface area is 35.8 Å². The van der Waals surface area contributed by atoms with Crippen LogP contribution in [0.25, 0.3) is 0 Å². The van der Waals surface area contributed by atoms with Crippen molar-refractivity contribution in [2.45, 2.75) is 6.92 Å². The standard InChI is InChI=1S/C3H3.Li/c1-3-2;/h1H3;. The van der Waals surface area contributed by atoms with Crippen molar-refractivity contribution in [2.75, 3.05) is 0 Å². The first-order valence-electron chi connectivity index (χ1n) is 1.25. The third-order valence-corrected chi connectivity index (χ3v) is 0.250. The van der Waals surface area contributed by atoms with Gasteiger partial charge in [-0.15, -0.1) is 0 Å². The van der Waals surface area contributed by atoms with Crippen molar-refractivity contribution in [1.82, 2.24) is 0 Å². The number of hydrogen-bond acceptors (Lipinski definition) is 0. The summed E-state index contributed by atoms with van der Waals surface area (Å²) in [6.45, 7) is 1.82. The van der Waals surface area contributed by atoms with E-state index in [2.05, 4.69) is 10.5 Å². The number of rotatable bonds is 0. The molecule has 0 N–H and O–H groups in total. The molecule has 0 unspecified atom stereocenters. The van der Waals surface area contributed by atoms with Gasteiger partial charge < -0.3 is 0 Å². The molecule has 0 saturated heterocycles. The Hall–Kier alpha value is 0.157. The first-order valence-corrected chi connectivity index (χ1v) is 1.25. The van der Waals surface area contributed by atoms with Gasteiger partial charge >= 0.3 is 35.2 Å². The van der Waals surface area contributed by atoms with Gasteiger partial charge in [-0.25, -0.2) is 0 Å². The minimum absolute atomic E-state index is 1.82. The van der Waals surface area contributed by atoms with Crippen molar-refractivity contribution < 1.29 is 0 Å².